The Morgan fingerprint density at radius 1 is 1.05 bits per heavy atom. The summed E-state index contributed by atoms with van der Waals surface area (Å²) in [7, 11) is 0. The lowest BCUT2D eigenvalue weighted by Gasteiger charge is -2.31. The van der Waals surface area contributed by atoms with Gasteiger partial charge in [-0.05, 0) is 18.6 Å². The number of phenols is 1. The van der Waals surface area contributed by atoms with Crippen LogP contribution in [0.15, 0.2) is 12.1 Å². The summed E-state index contributed by atoms with van der Waals surface area (Å²) in [6.07, 6.45) is 0. The van der Waals surface area contributed by atoms with Crippen molar-refractivity contribution in [1.82, 2.24) is 0 Å². The van der Waals surface area contributed by atoms with Gasteiger partial charge < -0.3 is 14.6 Å². The minimum absolute atomic E-state index is 0.110. The topological polar surface area (TPSA) is 55.8 Å². The van der Waals surface area contributed by atoms with Crippen LogP contribution in [-0.4, -0.2) is 16.9 Å². The molecule has 0 bridgehead atoms. The van der Waals surface area contributed by atoms with E-state index in [4.69, 9.17) is 9.47 Å². The van der Waals surface area contributed by atoms with Gasteiger partial charge >= 0.3 is 5.97 Å². The van der Waals surface area contributed by atoms with Crippen LogP contribution < -0.4 is 4.74 Å². The lowest BCUT2D eigenvalue weighted by molar-refractivity contribution is -0.127. The van der Waals surface area contributed by atoms with E-state index in [-0.39, 0.29) is 5.75 Å². The summed E-state index contributed by atoms with van der Waals surface area (Å²) < 4.78 is 10.5. The molecule has 1 aromatic carbocycles. The second-order valence-corrected chi connectivity index (χ2v) is 4.03. The first-order valence-electron chi connectivity index (χ1n) is 6.65. The molecular formula is C15H24O4. The number of hydrogen-bond acceptors (Lipinski definition) is 4. The van der Waals surface area contributed by atoms with Crippen molar-refractivity contribution in [3.8, 4) is 11.5 Å². The molecule has 0 unspecified atom stereocenters. The van der Waals surface area contributed by atoms with Crippen molar-refractivity contribution >= 4 is 5.97 Å². The number of aromatic hydroxyl groups is 1. The van der Waals surface area contributed by atoms with E-state index in [2.05, 4.69) is 0 Å². The number of hydrogen-bond donors (Lipinski definition) is 1. The van der Waals surface area contributed by atoms with Gasteiger partial charge in [0.1, 0.15) is 17.1 Å². The van der Waals surface area contributed by atoms with Crippen LogP contribution in [0.5, 0.6) is 11.5 Å². The first-order valence-corrected chi connectivity index (χ1v) is 6.65. The normalized spacial score (nSPS) is 14.6. The third kappa shape index (κ3) is 4.16. The number of carbonyl (C=O) groups excluding carboxylic acids is 1. The van der Waals surface area contributed by atoms with Crippen molar-refractivity contribution in [1.29, 1.82) is 0 Å². The largest absolute Gasteiger partial charge is 0.508 e. The Kier molecular flexibility index (Phi) is 6.39. The molecule has 0 aliphatic carbocycles. The number of ether oxygens (including phenoxy) is 2. The van der Waals surface area contributed by atoms with Crippen molar-refractivity contribution in [3.63, 3.8) is 0 Å². The average Bonchev–Trinajstić information content (AvgIpc) is 2.36. The maximum absolute atomic E-state index is 11.6. The Bertz CT molecular complexity index is 436. The van der Waals surface area contributed by atoms with Gasteiger partial charge in [0.25, 0.3) is 0 Å². The molecule has 1 aliphatic heterocycles. The summed E-state index contributed by atoms with van der Waals surface area (Å²) in [4.78, 5) is 11.6. The maximum Gasteiger partial charge on any atom is 0.345 e. The quantitative estimate of drug-likeness (QED) is 0.721. The molecule has 1 aliphatic rings. The number of cyclic esters (lactones) is 1. The van der Waals surface area contributed by atoms with Crippen LogP contribution >= 0.6 is 0 Å². The van der Waals surface area contributed by atoms with Gasteiger partial charge in [-0.15, -0.1) is 0 Å². The first-order chi connectivity index (χ1) is 8.89. The number of carbonyl (C=O) groups is 1. The zero-order valence-corrected chi connectivity index (χ0v) is 12.8. The predicted octanol–water partition coefficient (Wildman–Crippen LogP) is 4.04. The minimum Gasteiger partial charge on any atom is -0.508 e. The molecule has 0 amide bonds. The van der Waals surface area contributed by atoms with Crippen molar-refractivity contribution in [2.75, 3.05) is 0 Å². The highest BCUT2D eigenvalue weighted by Gasteiger charge is 2.34. The van der Waals surface area contributed by atoms with E-state index in [1.54, 1.807) is 26.8 Å². The van der Waals surface area contributed by atoms with Crippen molar-refractivity contribution < 1.29 is 19.4 Å². The monoisotopic (exact) mass is 268 g/mol. The Labute approximate surface area is 115 Å². The van der Waals surface area contributed by atoms with Crippen LogP contribution in [-0.2, 0) is 4.74 Å². The van der Waals surface area contributed by atoms with Gasteiger partial charge in [-0.3, -0.25) is 0 Å². The van der Waals surface area contributed by atoms with Crippen LogP contribution in [0.25, 0.3) is 0 Å². The van der Waals surface area contributed by atoms with Gasteiger partial charge in [0.05, 0.1) is 0 Å². The van der Waals surface area contributed by atoms with E-state index in [1.807, 2.05) is 27.7 Å². The number of fused-ring (bicyclic) bond motifs is 1. The molecule has 0 fully saturated rings. The summed E-state index contributed by atoms with van der Waals surface area (Å²) in [5.41, 5.74) is 0.971. The Hall–Kier alpha value is -1.71. The van der Waals surface area contributed by atoms with Crippen LogP contribution in [0.1, 0.15) is 57.5 Å². The average molecular weight is 268 g/mol. The lowest BCUT2D eigenvalue weighted by Crippen LogP contribution is -2.38. The standard InChI is InChI=1S/C11H12O4.2C2H6/c1-6-4-7-9(5-8(6)12)14-11(2,3)15-10(7)13;2*1-2/h4-5,12H,1-3H3;2*1-2H3. The fourth-order valence-electron chi connectivity index (χ4n) is 1.49. The molecule has 4 heteroatoms. The second kappa shape index (κ2) is 7.02. The molecule has 2 rings (SSSR count). The molecule has 0 saturated carbocycles. The summed E-state index contributed by atoms with van der Waals surface area (Å²) in [5.74, 6) is -0.936. The summed E-state index contributed by atoms with van der Waals surface area (Å²) >= 11 is 0. The number of esters is 1. The molecule has 0 radical (unpaired) electrons. The highest BCUT2D eigenvalue weighted by Crippen LogP contribution is 2.35. The zero-order chi connectivity index (χ0) is 15.2. The minimum atomic E-state index is -0.980. The van der Waals surface area contributed by atoms with E-state index in [9.17, 15) is 9.90 Å². The molecular weight excluding hydrogens is 244 g/mol. The van der Waals surface area contributed by atoms with E-state index in [0.717, 1.165) is 0 Å². The zero-order valence-electron chi connectivity index (χ0n) is 12.8. The van der Waals surface area contributed by atoms with Gasteiger partial charge in [-0.1, -0.05) is 27.7 Å². The Morgan fingerprint density at radius 2 is 1.58 bits per heavy atom. The molecule has 19 heavy (non-hydrogen) atoms. The summed E-state index contributed by atoms with van der Waals surface area (Å²) in [6.45, 7) is 13.0. The van der Waals surface area contributed by atoms with Gasteiger partial charge in [-0.2, -0.15) is 0 Å². The molecule has 0 atom stereocenters. The third-order valence-corrected chi connectivity index (χ3v) is 2.21. The fraction of sp³-hybridized carbons (Fsp3) is 0.533. The molecule has 4 nitrogen and oxygen atoms in total. The van der Waals surface area contributed by atoms with Gasteiger partial charge in [0.15, 0.2) is 0 Å². The molecule has 0 spiro atoms. The molecule has 1 heterocycles. The number of aryl methyl sites for hydroxylation is 1. The Morgan fingerprint density at radius 3 is 2.11 bits per heavy atom. The number of rotatable bonds is 0. The van der Waals surface area contributed by atoms with Crippen molar-refractivity contribution in [2.45, 2.75) is 54.3 Å². The molecule has 108 valence electrons. The SMILES string of the molecule is CC.CC.Cc1cc2c(cc1O)OC(C)(C)OC2=O. The van der Waals surface area contributed by atoms with E-state index < -0.39 is 11.8 Å². The van der Waals surface area contributed by atoms with Crippen molar-refractivity contribution in [3.05, 3.63) is 23.3 Å². The van der Waals surface area contributed by atoms with Gasteiger partial charge in [-0.25, -0.2) is 4.79 Å². The molecule has 0 saturated heterocycles. The fourth-order valence-corrected chi connectivity index (χ4v) is 1.49. The summed E-state index contributed by atoms with van der Waals surface area (Å²) in [5, 5.41) is 9.50. The van der Waals surface area contributed by atoms with Gasteiger partial charge in [0.2, 0.25) is 5.79 Å². The predicted molar refractivity (Wildman–Crippen MR) is 75.7 cm³/mol. The number of phenolic OH excluding ortho intramolecular Hbond substituents is 1. The molecule has 0 aromatic heterocycles. The van der Waals surface area contributed by atoms with Crippen molar-refractivity contribution in [2.24, 2.45) is 0 Å². The van der Waals surface area contributed by atoms with E-state index in [1.165, 1.54) is 6.07 Å². The van der Waals surface area contributed by atoms with Crippen LogP contribution in [0.3, 0.4) is 0 Å². The van der Waals surface area contributed by atoms with E-state index in [0.29, 0.717) is 16.9 Å². The number of benzene rings is 1. The smallest absolute Gasteiger partial charge is 0.345 e. The third-order valence-electron chi connectivity index (χ3n) is 2.21. The maximum atomic E-state index is 11.6. The van der Waals surface area contributed by atoms with Crippen LogP contribution in [0, 0.1) is 6.92 Å². The highest BCUT2D eigenvalue weighted by molar-refractivity contribution is 5.94. The first kappa shape index (κ1) is 17.3. The van der Waals surface area contributed by atoms with Gasteiger partial charge in [0, 0.05) is 19.9 Å². The second-order valence-electron chi connectivity index (χ2n) is 4.03. The lowest BCUT2D eigenvalue weighted by atomic mass is 10.1. The van der Waals surface area contributed by atoms with Crippen LogP contribution in [0.4, 0.5) is 0 Å². The van der Waals surface area contributed by atoms with E-state index >= 15 is 0 Å². The van der Waals surface area contributed by atoms with Crippen LogP contribution in [0.2, 0.25) is 0 Å². The molecule has 1 aromatic rings. The highest BCUT2D eigenvalue weighted by atomic mass is 16.7. The molecule has 1 N–H and O–H groups in total. The summed E-state index contributed by atoms with van der Waals surface area (Å²) in [6, 6.07) is 3.00. The Balaban J connectivity index is 0.000000741.